The van der Waals surface area contributed by atoms with Crippen LogP contribution < -0.4 is 0 Å². The van der Waals surface area contributed by atoms with E-state index in [1.54, 1.807) is 6.07 Å². The monoisotopic (exact) mass is 268 g/mol. The first-order valence-corrected chi connectivity index (χ1v) is 7.11. The van der Waals surface area contributed by atoms with Crippen LogP contribution in [-0.2, 0) is 0 Å². The van der Waals surface area contributed by atoms with Crippen LogP contribution in [0.1, 0.15) is 0 Å². The third-order valence-corrected chi connectivity index (χ3v) is 4.48. The van der Waals surface area contributed by atoms with Gasteiger partial charge in [0.05, 0.1) is 0 Å². The molecule has 0 radical (unpaired) electrons. The number of hydrogen-bond donors (Lipinski definition) is 1. The SMILES string of the molecule is Oc1cccc2c1cc1ccc3cccc4ccc2c1c34. The summed E-state index contributed by atoms with van der Waals surface area (Å²) < 4.78 is 0. The quantitative estimate of drug-likeness (QED) is 0.293. The van der Waals surface area contributed by atoms with E-state index in [4.69, 9.17) is 0 Å². The minimum absolute atomic E-state index is 0.345. The Labute approximate surface area is 121 Å². The lowest BCUT2D eigenvalue weighted by Crippen LogP contribution is -1.85. The molecule has 5 rings (SSSR count). The number of benzene rings is 5. The fourth-order valence-corrected chi connectivity index (χ4v) is 3.55. The van der Waals surface area contributed by atoms with Crippen molar-refractivity contribution in [2.24, 2.45) is 0 Å². The highest BCUT2D eigenvalue weighted by molar-refractivity contribution is 6.29. The van der Waals surface area contributed by atoms with Crippen molar-refractivity contribution in [1.82, 2.24) is 0 Å². The van der Waals surface area contributed by atoms with Crippen molar-refractivity contribution >= 4 is 43.1 Å². The molecule has 0 aliphatic heterocycles. The molecule has 1 heteroatoms. The topological polar surface area (TPSA) is 20.2 Å². The summed E-state index contributed by atoms with van der Waals surface area (Å²) in [5.41, 5.74) is 0. The minimum atomic E-state index is 0.345. The molecular formula is C20H12O. The summed E-state index contributed by atoms with van der Waals surface area (Å²) in [5.74, 6) is 0.345. The van der Waals surface area contributed by atoms with E-state index >= 15 is 0 Å². The first-order valence-electron chi connectivity index (χ1n) is 7.11. The smallest absolute Gasteiger partial charge is 0.123 e. The number of rotatable bonds is 0. The molecule has 0 bridgehead atoms. The van der Waals surface area contributed by atoms with Crippen molar-refractivity contribution in [1.29, 1.82) is 0 Å². The van der Waals surface area contributed by atoms with Gasteiger partial charge in [0, 0.05) is 5.39 Å². The van der Waals surface area contributed by atoms with Crippen molar-refractivity contribution in [3.8, 4) is 5.75 Å². The van der Waals surface area contributed by atoms with Gasteiger partial charge < -0.3 is 5.11 Å². The molecule has 0 saturated carbocycles. The summed E-state index contributed by atoms with van der Waals surface area (Å²) in [6.07, 6.45) is 0. The zero-order valence-electron chi connectivity index (χ0n) is 11.3. The molecule has 0 aliphatic carbocycles. The Hall–Kier alpha value is -2.80. The van der Waals surface area contributed by atoms with E-state index in [9.17, 15) is 5.11 Å². The van der Waals surface area contributed by atoms with Crippen LogP contribution >= 0.6 is 0 Å². The third kappa shape index (κ3) is 1.30. The Kier molecular flexibility index (Phi) is 1.90. The molecule has 1 N–H and O–H groups in total. The standard InChI is InChI=1S/C20H12O/c21-18-6-2-5-15-16-10-9-13-4-1-3-12-7-8-14(11-17(15)18)20(16)19(12)13/h1-11,21H. The van der Waals surface area contributed by atoms with E-state index in [0.29, 0.717) is 5.75 Å². The summed E-state index contributed by atoms with van der Waals surface area (Å²) in [6.45, 7) is 0. The Morgan fingerprint density at radius 1 is 0.524 bits per heavy atom. The minimum Gasteiger partial charge on any atom is -0.507 e. The summed E-state index contributed by atoms with van der Waals surface area (Å²) >= 11 is 0. The van der Waals surface area contributed by atoms with Crippen LogP contribution in [-0.4, -0.2) is 5.11 Å². The number of aromatic hydroxyl groups is 1. The summed E-state index contributed by atoms with van der Waals surface area (Å²) in [6, 6.07) is 22.9. The van der Waals surface area contributed by atoms with E-state index in [1.807, 2.05) is 6.07 Å². The summed E-state index contributed by atoms with van der Waals surface area (Å²) in [5, 5.41) is 19.7. The van der Waals surface area contributed by atoms with Gasteiger partial charge in [-0.15, -0.1) is 0 Å². The van der Waals surface area contributed by atoms with Crippen molar-refractivity contribution in [2.45, 2.75) is 0 Å². The second-order valence-corrected chi connectivity index (χ2v) is 5.60. The van der Waals surface area contributed by atoms with E-state index in [2.05, 4.69) is 54.6 Å². The van der Waals surface area contributed by atoms with Gasteiger partial charge in [-0.25, -0.2) is 0 Å². The van der Waals surface area contributed by atoms with Gasteiger partial charge in [0.1, 0.15) is 5.75 Å². The van der Waals surface area contributed by atoms with E-state index < -0.39 is 0 Å². The summed E-state index contributed by atoms with van der Waals surface area (Å²) in [4.78, 5) is 0. The van der Waals surface area contributed by atoms with E-state index in [1.165, 1.54) is 32.3 Å². The predicted octanol–water partition coefficient (Wildman–Crippen LogP) is 5.44. The molecule has 0 atom stereocenters. The van der Waals surface area contributed by atoms with Gasteiger partial charge in [0.25, 0.3) is 0 Å². The molecule has 0 fully saturated rings. The van der Waals surface area contributed by atoms with Crippen LogP contribution in [0.25, 0.3) is 43.1 Å². The maximum absolute atomic E-state index is 10.2. The molecule has 21 heavy (non-hydrogen) atoms. The van der Waals surface area contributed by atoms with Crippen molar-refractivity contribution in [3.63, 3.8) is 0 Å². The Bertz CT molecular complexity index is 1120. The molecule has 0 aliphatic rings. The predicted molar refractivity (Wildman–Crippen MR) is 89.3 cm³/mol. The van der Waals surface area contributed by atoms with Crippen molar-refractivity contribution in [2.75, 3.05) is 0 Å². The lowest BCUT2D eigenvalue weighted by atomic mass is 9.91. The van der Waals surface area contributed by atoms with Crippen molar-refractivity contribution < 1.29 is 5.11 Å². The molecule has 0 unspecified atom stereocenters. The molecule has 1 nitrogen and oxygen atoms in total. The molecule has 0 amide bonds. The lowest BCUT2D eigenvalue weighted by molar-refractivity contribution is 0.482. The zero-order chi connectivity index (χ0) is 14.0. The zero-order valence-corrected chi connectivity index (χ0v) is 11.3. The Morgan fingerprint density at radius 2 is 1.24 bits per heavy atom. The highest BCUT2D eigenvalue weighted by atomic mass is 16.3. The fraction of sp³-hybridized carbons (Fsp3) is 0. The maximum Gasteiger partial charge on any atom is 0.123 e. The molecule has 0 heterocycles. The maximum atomic E-state index is 10.2. The van der Waals surface area contributed by atoms with Crippen molar-refractivity contribution in [3.05, 3.63) is 66.7 Å². The molecule has 5 aromatic carbocycles. The van der Waals surface area contributed by atoms with Gasteiger partial charge in [-0.2, -0.15) is 0 Å². The first-order chi connectivity index (χ1) is 10.3. The second-order valence-electron chi connectivity index (χ2n) is 5.60. The largest absolute Gasteiger partial charge is 0.507 e. The normalized spacial score (nSPS) is 12.0. The Morgan fingerprint density at radius 3 is 2.10 bits per heavy atom. The van der Waals surface area contributed by atoms with Gasteiger partial charge in [-0.1, -0.05) is 54.6 Å². The lowest BCUT2D eigenvalue weighted by Gasteiger charge is -2.13. The number of hydrogen-bond acceptors (Lipinski definition) is 1. The molecule has 0 aromatic heterocycles. The first kappa shape index (κ1) is 10.9. The van der Waals surface area contributed by atoms with Crippen LogP contribution in [0.3, 0.4) is 0 Å². The molecule has 98 valence electrons. The van der Waals surface area contributed by atoms with Gasteiger partial charge in [-0.3, -0.25) is 0 Å². The average Bonchev–Trinajstić information content (AvgIpc) is 2.53. The molecule has 5 aromatic rings. The highest BCUT2D eigenvalue weighted by Gasteiger charge is 2.11. The van der Waals surface area contributed by atoms with Gasteiger partial charge >= 0.3 is 0 Å². The van der Waals surface area contributed by atoms with Gasteiger partial charge in [0.2, 0.25) is 0 Å². The summed E-state index contributed by atoms with van der Waals surface area (Å²) in [7, 11) is 0. The number of fused-ring (bicyclic) bond motifs is 2. The van der Waals surface area contributed by atoms with Crippen LogP contribution in [0.5, 0.6) is 5.75 Å². The highest BCUT2D eigenvalue weighted by Crippen LogP contribution is 2.40. The van der Waals surface area contributed by atoms with Crippen LogP contribution in [0, 0.1) is 0 Å². The fourth-order valence-electron chi connectivity index (χ4n) is 3.55. The second kappa shape index (κ2) is 3.64. The van der Waals surface area contributed by atoms with Crippen LogP contribution in [0.15, 0.2) is 66.7 Å². The van der Waals surface area contributed by atoms with Gasteiger partial charge in [-0.05, 0) is 49.8 Å². The molecule has 0 spiro atoms. The van der Waals surface area contributed by atoms with Crippen LogP contribution in [0.2, 0.25) is 0 Å². The third-order valence-electron chi connectivity index (χ3n) is 4.48. The van der Waals surface area contributed by atoms with E-state index in [0.717, 1.165) is 10.8 Å². The number of phenolic OH excluding ortho intramolecular Hbond substituents is 1. The molecular weight excluding hydrogens is 256 g/mol. The van der Waals surface area contributed by atoms with Gasteiger partial charge in [0.15, 0.2) is 0 Å². The number of phenols is 1. The van der Waals surface area contributed by atoms with E-state index in [-0.39, 0.29) is 0 Å². The average molecular weight is 268 g/mol. The Balaban J connectivity index is 2.21. The molecule has 0 saturated heterocycles. The van der Waals surface area contributed by atoms with Crippen LogP contribution in [0.4, 0.5) is 0 Å².